The van der Waals surface area contributed by atoms with Crippen molar-refractivity contribution in [2.75, 3.05) is 12.5 Å². The molecule has 0 aromatic heterocycles. The molecule has 2 aromatic carbocycles. The van der Waals surface area contributed by atoms with E-state index in [1.54, 1.807) is 12.1 Å². The van der Waals surface area contributed by atoms with Crippen LogP contribution in [0.3, 0.4) is 0 Å². The molecule has 0 fully saturated rings. The van der Waals surface area contributed by atoms with Crippen molar-refractivity contribution in [3.8, 4) is 11.5 Å². The van der Waals surface area contributed by atoms with Gasteiger partial charge in [-0.25, -0.2) is 0 Å². The monoisotopic (exact) mass is 310 g/mol. The van der Waals surface area contributed by atoms with E-state index < -0.39 is 11.7 Å². The maximum atomic E-state index is 12.4. The van der Waals surface area contributed by atoms with E-state index in [4.69, 9.17) is 4.74 Å². The van der Waals surface area contributed by atoms with Crippen molar-refractivity contribution in [3.05, 3.63) is 53.6 Å². The number of hydrogen-bond acceptors (Lipinski definition) is 4. The topological polar surface area (TPSA) is 53.8 Å². The summed E-state index contributed by atoms with van der Waals surface area (Å²) in [6, 6.07) is 9.22. The third-order valence-electron chi connectivity index (χ3n) is 2.82. The lowest BCUT2D eigenvalue weighted by molar-refractivity contribution is -0.137. The Kier molecular flexibility index (Phi) is 4.55. The van der Waals surface area contributed by atoms with Gasteiger partial charge in [0.25, 0.3) is 0 Å². The summed E-state index contributed by atoms with van der Waals surface area (Å²) >= 11 is 0. The first-order chi connectivity index (χ1) is 10.4. The third-order valence-corrected chi connectivity index (χ3v) is 2.82. The van der Waals surface area contributed by atoms with Gasteiger partial charge in [-0.3, -0.25) is 5.43 Å². The molecular weight excluding hydrogens is 297 g/mol. The first-order valence-corrected chi connectivity index (χ1v) is 6.23. The van der Waals surface area contributed by atoms with Gasteiger partial charge < -0.3 is 9.84 Å². The number of anilines is 1. The third kappa shape index (κ3) is 3.91. The summed E-state index contributed by atoms with van der Waals surface area (Å²) in [5.74, 6) is 0.314. The number of rotatable bonds is 4. The molecule has 4 nitrogen and oxygen atoms in total. The van der Waals surface area contributed by atoms with E-state index in [0.29, 0.717) is 17.0 Å². The number of hydrogen-bond donors (Lipinski definition) is 2. The van der Waals surface area contributed by atoms with Crippen LogP contribution in [0.2, 0.25) is 0 Å². The molecule has 0 unspecified atom stereocenters. The fourth-order valence-electron chi connectivity index (χ4n) is 1.70. The van der Waals surface area contributed by atoms with Crippen LogP contribution in [-0.4, -0.2) is 18.4 Å². The van der Waals surface area contributed by atoms with Crippen LogP contribution in [0.15, 0.2) is 47.6 Å². The van der Waals surface area contributed by atoms with Gasteiger partial charge >= 0.3 is 6.18 Å². The fourth-order valence-corrected chi connectivity index (χ4v) is 1.70. The Labute approximate surface area is 124 Å². The summed E-state index contributed by atoms with van der Waals surface area (Å²) in [6.45, 7) is 0. The number of halogens is 3. The normalized spacial score (nSPS) is 11.6. The highest BCUT2D eigenvalue weighted by Gasteiger charge is 2.29. The van der Waals surface area contributed by atoms with E-state index in [2.05, 4.69) is 10.5 Å². The first kappa shape index (κ1) is 15.7. The highest BCUT2D eigenvalue weighted by Crippen LogP contribution is 2.29. The minimum Gasteiger partial charge on any atom is -0.504 e. The van der Waals surface area contributed by atoms with E-state index in [1.165, 1.54) is 31.5 Å². The lowest BCUT2D eigenvalue weighted by Gasteiger charge is -2.07. The van der Waals surface area contributed by atoms with E-state index in [0.717, 1.165) is 12.1 Å². The molecule has 0 spiro atoms. The number of hydrazone groups is 1. The Morgan fingerprint density at radius 2 is 1.82 bits per heavy atom. The van der Waals surface area contributed by atoms with Crippen molar-refractivity contribution in [2.24, 2.45) is 5.10 Å². The number of ether oxygens (including phenoxy) is 1. The van der Waals surface area contributed by atoms with Gasteiger partial charge in [0.05, 0.1) is 24.6 Å². The Hall–Kier alpha value is -2.70. The minimum atomic E-state index is -4.36. The van der Waals surface area contributed by atoms with Crippen LogP contribution in [-0.2, 0) is 6.18 Å². The molecule has 0 saturated carbocycles. The molecule has 0 amide bonds. The number of benzene rings is 2. The van der Waals surface area contributed by atoms with Crippen LogP contribution in [0, 0.1) is 0 Å². The van der Waals surface area contributed by atoms with Gasteiger partial charge in [0.15, 0.2) is 11.5 Å². The van der Waals surface area contributed by atoms with Gasteiger partial charge in [-0.1, -0.05) is 0 Å². The van der Waals surface area contributed by atoms with E-state index in [9.17, 15) is 18.3 Å². The molecule has 116 valence electrons. The summed E-state index contributed by atoms with van der Waals surface area (Å²) in [4.78, 5) is 0. The molecule has 22 heavy (non-hydrogen) atoms. The van der Waals surface area contributed by atoms with E-state index in [1.807, 2.05) is 0 Å². The molecule has 7 heteroatoms. The second kappa shape index (κ2) is 6.38. The molecule has 0 radical (unpaired) electrons. The zero-order valence-corrected chi connectivity index (χ0v) is 11.6. The summed E-state index contributed by atoms with van der Waals surface area (Å²) < 4.78 is 42.1. The van der Waals surface area contributed by atoms with Gasteiger partial charge in [0.1, 0.15) is 0 Å². The molecule has 0 bridgehead atoms. The van der Waals surface area contributed by atoms with Crippen molar-refractivity contribution < 1.29 is 23.0 Å². The van der Waals surface area contributed by atoms with Crippen LogP contribution in [0.1, 0.15) is 11.1 Å². The maximum Gasteiger partial charge on any atom is 0.416 e. The number of aromatic hydroxyl groups is 1. The maximum absolute atomic E-state index is 12.4. The SMILES string of the molecule is COc1ccc(C=NNc2ccc(C(F)(F)F)cc2)cc1O. The number of phenols is 1. The summed E-state index contributed by atoms with van der Waals surface area (Å²) in [5.41, 5.74) is 2.92. The lowest BCUT2D eigenvalue weighted by atomic mass is 10.2. The van der Waals surface area contributed by atoms with Crippen LogP contribution < -0.4 is 10.2 Å². The van der Waals surface area contributed by atoms with Crippen molar-refractivity contribution >= 4 is 11.9 Å². The molecule has 0 saturated heterocycles. The minimum absolute atomic E-state index is 0.0269. The van der Waals surface area contributed by atoms with Gasteiger partial charge in [0.2, 0.25) is 0 Å². The highest BCUT2D eigenvalue weighted by molar-refractivity contribution is 5.81. The molecule has 2 N–H and O–H groups in total. The Morgan fingerprint density at radius 3 is 2.36 bits per heavy atom. The number of methoxy groups -OCH3 is 1. The summed E-state index contributed by atoms with van der Waals surface area (Å²) in [6.07, 6.45) is -2.93. The van der Waals surface area contributed by atoms with Gasteiger partial charge in [-0.05, 0) is 48.0 Å². The smallest absolute Gasteiger partial charge is 0.416 e. The Bertz CT molecular complexity index is 667. The molecule has 2 aromatic rings. The van der Waals surface area contributed by atoms with Crippen LogP contribution in [0.5, 0.6) is 11.5 Å². The number of nitrogens with zero attached hydrogens (tertiary/aromatic N) is 1. The molecule has 2 rings (SSSR count). The van der Waals surface area contributed by atoms with Gasteiger partial charge in [-0.15, -0.1) is 0 Å². The second-order valence-electron chi connectivity index (χ2n) is 4.38. The lowest BCUT2D eigenvalue weighted by Crippen LogP contribution is -2.04. The zero-order chi connectivity index (χ0) is 16.2. The zero-order valence-electron chi connectivity index (χ0n) is 11.6. The van der Waals surface area contributed by atoms with Crippen molar-refractivity contribution in [3.63, 3.8) is 0 Å². The van der Waals surface area contributed by atoms with E-state index >= 15 is 0 Å². The van der Waals surface area contributed by atoms with Crippen LogP contribution >= 0.6 is 0 Å². The predicted octanol–water partition coefficient (Wildman–Crippen LogP) is 3.87. The molecule has 0 aliphatic carbocycles. The average molecular weight is 310 g/mol. The second-order valence-corrected chi connectivity index (χ2v) is 4.38. The predicted molar refractivity (Wildman–Crippen MR) is 77.3 cm³/mol. The highest BCUT2D eigenvalue weighted by atomic mass is 19.4. The molecular formula is C15H13F3N2O2. The Balaban J connectivity index is 2.02. The van der Waals surface area contributed by atoms with Crippen molar-refractivity contribution in [2.45, 2.75) is 6.18 Å². The number of alkyl halides is 3. The van der Waals surface area contributed by atoms with Crippen molar-refractivity contribution in [1.82, 2.24) is 0 Å². The average Bonchev–Trinajstić information content (AvgIpc) is 2.47. The summed E-state index contributed by atoms with van der Waals surface area (Å²) in [7, 11) is 1.44. The van der Waals surface area contributed by atoms with Crippen molar-refractivity contribution in [1.29, 1.82) is 0 Å². The first-order valence-electron chi connectivity index (χ1n) is 6.23. The number of nitrogens with one attached hydrogen (secondary N) is 1. The fraction of sp³-hybridized carbons (Fsp3) is 0.133. The Morgan fingerprint density at radius 1 is 1.14 bits per heavy atom. The number of phenolic OH excluding ortho intramolecular Hbond substituents is 1. The van der Waals surface area contributed by atoms with Gasteiger partial charge in [0, 0.05) is 0 Å². The molecule has 0 aliphatic heterocycles. The quantitative estimate of drug-likeness (QED) is 0.666. The van der Waals surface area contributed by atoms with Gasteiger partial charge in [-0.2, -0.15) is 18.3 Å². The van der Waals surface area contributed by atoms with E-state index in [-0.39, 0.29) is 5.75 Å². The molecule has 0 atom stereocenters. The molecule has 0 aliphatic rings. The largest absolute Gasteiger partial charge is 0.504 e. The summed E-state index contributed by atoms with van der Waals surface area (Å²) in [5, 5.41) is 13.5. The molecule has 0 heterocycles. The van der Waals surface area contributed by atoms with Crippen LogP contribution in [0.25, 0.3) is 0 Å². The van der Waals surface area contributed by atoms with Crippen LogP contribution in [0.4, 0.5) is 18.9 Å². The standard InChI is InChI=1S/C15H13F3N2O2/c1-22-14-7-2-10(8-13(14)21)9-19-20-12-5-3-11(4-6-12)15(16,17)18/h2-9,20-21H,1H3.